The molecule has 2 nitrogen and oxygen atoms in total. The van der Waals surface area contributed by atoms with Crippen LogP contribution in [-0.4, -0.2) is 37.6 Å². The summed E-state index contributed by atoms with van der Waals surface area (Å²) >= 11 is 0. The molecular formula is C14H26N2. The topological polar surface area (TPSA) is 15.3 Å². The van der Waals surface area contributed by atoms with Crippen molar-refractivity contribution in [1.82, 2.24) is 10.2 Å². The molecule has 1 aliphatic heterocycles. The van der Waals surface area contributed by atoms with E-state index in [1.165, 1.54) is 38.9 Å². The Hall–Kier alpha value is -0.340. The molecule has 0 saturated carbocycles. The van der Waals surface area contributed by atoms with E-state index in [2.05, 4.69) is 31.0 Å². The van der Waals surface area contributed by atoms with Crippen LogP contribution in [0.25, 0.3) is 0 Å². The van der Waals surface area contributed by atoms with E-state index in [1.807, 2.05) is 0 Å². The van der Waals surface area contributed by atoms with Crippen LogP contribution < -0.4 is 5.32 Å². The van der Waals surface area contributed by atoms with Crippen molar-refractivity contribution in [3.63, 3.8) is 0 Å². The molecule has 0 amide bonds. The maximum Gasteiger partial charge on any atom is 0.0201 e. The molecule has 1 fully saturated rings. The zero-order valence-electron chi connectivity index (χ0n) is 11.1. The van der Waals surface area contributed by atoms with Crippen LogP contribution in [-0.2, 0) is 0 Å². The predicted octanol–water partition coefficient (Wildman–Crippen LogP) is 2.42. The van der Waals surface area contributed by atoms with Gasteiger partial charge in [-0.25, -0.2) is 0 Å². The maximum absolute atomic E-state index is 3.43. The van der Waals surface area contributed by atoms with Gasteiger partial charge in [-0.1, -0.05) is 25.0 Å². The number of allylic oxidation sites excluding steroid dienone is 1. The average molecular weight is 222 g/mol. The maximum atomic E-state index is 3.43. The second kappa shape index (κ2) is 4.89. The summed E-state index contributed by atoms with van der Waals surface area (Å²) in [6.07, 6.45) is 4.07. The highest BCUT2D eigenvalue weighted by atomic mass is 15.2. The highest BCUT2D eigenvalue weighted by Gasteiger charge is 2.29. The first-order valence-electron chi connectivity index (χ1n) is 6.72. The summed E-state index contributed by atoms with van der Waals surface area (Å²) in [5.41, 5.74) is 3.82. The largest absolute Gasteiger partial charge is 0.314 e. The average Bonchev–Trinajstić information content (AvgIpc) is 2.25. The van der Waals surface area contributed by atoms with Crippen molar-refractivity contribution in [2.75, 3.05) is 32.7 Å². The van der Waals surface area contributed by atoms with E-state index >= 15 is 0 Å². The summed E-state index contributed by atoms with van der Waals surface area (Å²) in [4.78, 5) is 2.61. The minimum Gasteiger partial charge on any atom is -0.314 e. The number of nitrogens with zero attached hydrogens (tertiary/aromatic N) is 1. The van der Waals surface area contributed by atoms with Gasteiger partial charge in [-0.2, -0.15) is 0 Å². The molecule has 0 atom stereocenters. The Balaban J connectivity index is 2.05. The van der Waals surface area contributed by atoms with Crippen LogP contribution in [0.15, 0.2) is 11.1 Å². The van der Waals surface area contributed by atoms with E-state index in [9.17, 15) is 0 Å². The number of hydrogen-bond acceptors (Lipinski definition) is 2. The molecule has 0 bridgehead atoms. The van der Waals surface area contributed by atoms with Crippen LogP contribution in [0.5, 0.6) is 0 Å². The van der Waals surface area contributed by atoms with Gasteiger partial charge >= 0.3 is 0 Å². The van der Waals surface area contributed by atoms with E-state index in [4.69, 9.17) is 0 Å². The lowest BCUT2D eigenvalue weighted by Gasteiger charge is -2.38. The van der Waals surface area contributed by atoms with E-state index < -0.39 is 0 Å². The number of hydrogen-bond donors (Lipinski definition) is 1. The van der Waals surface area contributed by atoms with Crippen molar-refractivity contribution < 1.29 is 0 Å². The minimum absolute atomic E-state index is 0.438. The standard InChI is InChI=1S/C14H26N2/c1-12-5-4-6-14(2,3)13(12)11-16-9-7-15-8-10-16/h15H,4-11H2,1-3H3. The van der Waals surface area contributed by atoms with Gasteiger partial charge in [-0.3, -0.25) is 4.90 Å². The van der Waals surface area contributed by atoms with Gasteiger partial charge in [0.25, 0.3) is 0 Å². The van der Waals surface area contributed by atoms with Gasteiger partial charge in [0, 0.05) is 32.7 Å². The van der Waals surface area contributed by atoms with Crippen LogP contribution in [0.4, 0.5) is 0 Å². The molecule has 0 aromatic rings. The van der Waals surface area contributed by atoms with Crippen LogP contribution >= 0.6 is 0 Å². The van der Waals surface area contributed by atoms with Crippen LogP contribution in [0.1, 0.15) is 40.0 Å². The Morgan fingerprint density at radius 3 is 2.56 bits per heavy atom. The Morgan fingerprint density at radius 2 is 1.94 bits per heavy atom. The van der Waals surface area contributed by atoms with Gasteiger partial charge in [0.1, 0.15) is 0 Å². The fraction of sp³-hybridized carbons (Fsp3) is 0.857. The summed E-state index contributed by atoms with van der Waals surface area (Å²) in [6.45, 7) is 13.2. The summed E-state index contributed by atoms with van der Waals surface area (Å²) in [7, 11) is 0. The second-order valence-corrected chi connectivity index (χ2v) is 6.02. The van der Waals surface area contributed by atoms with E-state index in [0.717, 1.165) is 13.1 Å². The lowest BCUT2D eigenvalue weighted by Crippen LogP contribution is -2.45. The van der Waals surface area contributed by atoms with Crippen molar-refractivity contribution >= 4 is 0 Å². The van der Waals surface area contributed by atoms with Crippen LogP contribution in [0, 0.1) is 5.41 Å². The van der Waals surface area contributed by atoms with Gasteiger partial charge in [0.15, 0.2) is 0 Å². The molecule has 2 rings (SSSR count). The van der Waals surface area contributed by atoms with Gasteiger partial charge < -0.3 is 5.32 Å². The minimum atomic E-state index is 0.438. The Kier molecular flexibility index (Phi) is 3.70. The molecule has 0 aromatic carbocycles. The zero-order chi connectivity index (χ0) is 11.6. The first-order chi connectivity index (χ1) is 7.59. The SMILES string of the molecule is CC1=C(CN2CCNCC2)C(C)(C)CCC1. The molecule has 1 heterocycles. The van der Waals surface area contributed by atoms with Crippen molar-refractivity contribution in [2.45, 2.75) is 40.0 Å². The van der Waals surface area contributed by atoms with Gasteiger partial charge in [-0.15, -0.1) is 0 Å². The van der Waals surface area contributed by atoms with Crippen LogP contribution in [0.3, 0.4) is 0 Å². The molecule has 16 heavy (non-hydrogen) atoms. The number of nitrogens with one attached hydrogen (secondary N) is 1. The molecule has 0 spiro atoms. The third kappa shape index (κ3) is 2.67. The Labute approximate surface area is 100 Å². The van der Waals surface area contributed by atoms with Crippen molar-refractivity contribution in [3.05, 3.63) is 11.1 Å². The molecular weight excluding hydrogens is 196 g/mol. The molecule has 2 aliphatic rings. The summed E-state index contributed by atoms with van der Waals surface area (Å²) < 4.78 is 0. The smallest absolute Gasteiger partial charge is 0.0201 e. The highest BCUT2D eigenvalue weighted by molar-refractivity contribution is 5.24. The van der Waals surface area contributed by atoms with Crippen LogP contribution in [0.2, 0.25) is 0 Å². The third-order valence-electron chi connectivity index (χ3n) is 4.28. The predicted molar refractivity (Wildman–Crippen MR) is 69.6 cm³/mol. The monoisotopic (exact) mass is 222 g/mol. The molecule has 0 aromatic heterocycles. The molecule has 92 valence electrons. The lowest BCUT2D eigenvalue weighted by molar-refractivity contribution is 0.232. The van der Waals surface area contributed by atoms with Crippen molar-refractivity contribution in [3.8, 4) is 0 Å². The molecule has 0 radical (unpaired) electrons. The summed E-state index contributed by atoms with van der Waals surface area (Å²) in [5.74, 6) is 0. The van der Waals surface area contributed by atoms with Gasteiger partial charge in [0.05, 0.1) is 0 Å². The van der Waals surface area contributed by atoms with E-state index in [1.54, 1.807) is 11.1 Å². The normalized spacial score (nSPS) is 27.2. The molecule has 0 unspecified atom stereocenters. The first-order valence-corrected chi connectivity index (χ1v) is 6.72. The molecule has 1 N–H and O–H groups in total. The van der Waals surface area contributed by atoms with Gasteiger partial charge in [-0.05, 0) is 31.6 Å². The second-order valence-electron chi connectivity index (χ2n) is 6.02. The fourth-order valence-corrected chi connectivity index (χ4v) is 3.12. The first kappa shape index (κ1) is 12.1. The lowest BCUT2D eigenvalue weighted by atomic mass is 9.72. The van der Waals surface area contributed by atoms with Gasteiger partial charge in [0.2, 0.25) is 0 Å². The fourth-order valence-electron chi connectivity index (χ4n) is 3.12. The molecule has 1 aliphatic carbocycles. The Morgan fingerprint density at radius 1 is 1.25 bits per heavy atom. The molecule has 2 heteroatoms. The van der Waals surface area contributed by atoms with E-state index in [-0.39, 0.29) is 0 Å². The van der Waals surface area contributed by atoms with E-state index in [0.29, 0.717) is 5.41 Å². The number of rotatable bonds is 2. The summed E-state index contributed by atoms with van der Waals surface area (Å²) in [5, 5.41) is 3.43. The molecule has 1 saturated heterocycles. The quantitative estimate of drug-likeness (QED) is 0.722. The third-order valence-corrected chi connectivity index (χ3v) is 4.28. The van der Waals surface area contributed by atoms with Crippen molar-refractivity contribution in [2.24, 2.45) is 5.41 Å². The van der Waals surface area contributed by atoms with Crippen molar-refractivity contribution in [1.29, 1.82) is 0 Å². The summed E-state index contributed by atoms with van der Waals surface area (Å²) in [6, 6.07) is 0. The number of piperazine rings is 1. The zero-order valence-corrected chi connectivity index (χ0v) is 11.1. The Bertz CT molecular complexity index is 272. The highest BCUT2D eigenvalue weighted by Crippen LogP contribution is 2.40.